The number of nitrogens with one attached hydrogen (secondary N) is 1. The maximum absolute atomic E-state index is 12.9. The highest BCUT2D eigenvalue weighted by Crippen LogP contribution is 2.19. The van der Waals surface area contributed by atoms with Gasteiger partial charge in [0.1, 0.15) is 0 Å². The Morgan fingerprint density at radius 1 is 1.41 bits per heavy atom. The normalized spacial score (nSPS) is 10.4. The zero-order valence-electron chi connectivity index (χ0n) is 9.23. The Balaban J connectivity index is 2.66. The van der Waals surface area contributed by atoms with Crippen molar-refractivity contribution in [2.75, 3.05) is 20.3 Å². The molecule has 0 aliphatic heterocycles. The number of hydrogen-bond donors (Lipinski definition) is 1. The van der Waals surface area contributed by atoms with E-state index in [0.717, 1.165) is 12.1 Å². The van der Waals surface area contributed by atoms with E-state index in [4.69, 9.17) is 16.3 Å². The van der Waals surface area contributed by atoms with Crippen LogP contribution in [0.4, 0.5) is 8.78 Å². The molecule has 94 valence electrons. The van der Waals surface area contributed by atoms with Crippen molar-refractivity contribution in [3.63, 3.8) is 0 Å². The van der Waals surface area contributed by atoms with Crippen LogP contribution < -0.4 is 5.32 Å². The second kappa shape index (κ2) is 6.51. The lowest BCUT2D eigenvalue weighted by Gasteiger charge is -2.07. The fraction of sp³-hybridized carbons (Fsp3) is 0.364. The molecule has 6 heteroatoms. The topological polar surface area (TPSA) is 38.3 Å². The first-order valence-corrected chi connectivity index (χ1v) is 5.35. The van der Waals surface area contributed by atoms with E-state index in [-0.39, 0.29) is 10.6 Å². The molecule has 0 spiro atoms. The smallest absolute Gasteiger partial charge is 0.252 e. The molecule has 0 heterocycles. The minimum atomic E-state index is -1.10. The van der Waals surface area contributed by atoms with E-state index in [1.807, 2.05) is 0 Å². The van der Waals surface area contributed by atoms with E-state index in [0.29, 0.717) is 19.6 Å². The molecule has 0 saturated heterocycles. The maximum Gasteiger partial charge on any atom is 0.252 e. The summed E-state index contributed by atoms with van der Waals surface area (Å²) in [4.78, 5) is 11.6. The Hall–Kier alpha value is -1.20. The summed E-state index contributed by atoms with van der Waals surface area (Å²) in [5.41, 5.74) is -0.0806. The predicted octanol–water partition coefficient (Wildman–Crippen LogP) is 2.38. The molecule has 17 heavy (non-hydrogen) atoms. The molecule has 0 saturated carbocycles. The minimum Gasteiger partial charge on any atom is -0.385 e. The van der Waals surface area contributed by atoms with Crippen LogP contribution >= 0.6 is 11.6 Å². The van der Waals surface area contributed by atoms with E-state index >= 15 is 0 Å². The summed E-state index contributed by atoms with van der Waals surface area (Å²) in [5, 5.41) is 2.41. The van der Waals surface area contributed by atoms with Gasteiger partial charge in [0.2, 0.25) is 0 Å². The van der Waals surface area contributed by atoms with E-state index < -0.39 is 17.5 Å². The highest BCUT2D eigenvalue weighted by Gasteiger charge is 2.14. The van der Waals surface area contributed by atoms with Gasteiger partial charge >= 0.3 is 0 Å². The van der Waals surface area contributed by atoms with Crippen LogP contribution in [-0.4, -0.2) is 26.2 Å². The van der Waals surface area contributed by atoms with Crippen molar-refractivity contribution >= 4 is 17.5 Å². The van der Waals surface area contributed by atoms with Gasteiger partial charge in [-0.25, -0.2) is 8.78 Å². The number of methoxy groups -OCH3 is 1. The summed E-state index contributed by atoms with van der Waals surface area (Å²) in [5.74, 6) is -2.72. The minimum absolute atomic E-state index is 0.0806. The molecular formula is C11H12ClF2NO2. The molecule has 1 N–H and O–H groups in total. The van der Waals surface area contributed by atoms with Crippen molar-refractivity contribution in [2.24, 2.45) is 0 Å². The molecule has 0 radical (unpaired) electrons. The molecule has 0 aliphatic rings. The third-order valence-corrected chi connectivity index (χ3v) is 2.38. The number of hydrogen-bond acceptors (Lipinski definition) is 2. The van der Waals surface area contributed by atoms with Crippen LogP contribution in [0.3, 0.4) is 0 Å². The summed E-state index contributed by atoms with van der Waals surface area (Å²) in [6, 6.07) is 1.56. The van der Waals surface area contributed by atoms with E-state index in [1.165, 1.54) is 0 Å². The first-order valence-electron chi connectivity index (χ1n) is 4.98. The fourth-order valence-electron chi connectivity index (χ4n) is 1.21. The lowest BCUT2D eigenvalue weighted by Crippen LogP contribution is -2.25. The third-order valence-electron chi connectivity index (χ3n) is 2.07. The van der Waals surface area contributed by atoms with Gasteiger partial charge in [-0.05, 0) is 18.6 Å². The zero-order valence-corrected chi connectivity index (χ0v) is 9.98. The molecule has 0 aliphatic carbocycles. The van der Waals surface area contributed by atoms with Gasteiger partial charge in [0.25, 0.3) is 5.91 Å². The molecule has 0 fully saturated rings. The van der Waals surface area contributed by atoms with Crippen molar-refractivity contribution in [3.8, 4) is 0 Å². The van der Waals surface area contributed by atoms with E-state index in [2.05, 4.69) is 5.32 Å². The van der Waals surface area contributed by atoms with Gasteiger partial charge in [0, 0.05) is 20.3 Å². The Kier molecular flexibility index (Phi) is 5.31. The lowest BCUT2D eigenvalue weighted by molar-refractivity contribution is 0.0948. The first-order chi connectivity index (χ1) is 8.06. The standard InChI is InChI=1S/C11H12ClF2NO2/c1-17-4-2-3-15-11(16)7-5-9(13)10(14)6-8(7)12/h5-6H,2-4H2,1H3,(H,15,16). The molecule has 0 unspecified atom stereocenters. The molecular weight excluding hydrogens is 252 g/mol. The second-order valence-corrected chi connectivity index (χ2v) is 3.76. The van der Waals surface area contributed by atoms with Crippen LogP contribution in [0.25, 0.3) is 0 Å². The van der Waals surface area contributed by atoms with E-state index in [9.17, 15) is 13.6 Å². The summed E-state index contributed by atoms with van der Waals surface area (Å²) < 4.78 is 30.5. The molecule has 1 aromatic rings. The fourth-order valence-corrected chi connectivity index (χ4v) is 1.45. The summed E-state index contributed by atoms with van der Waals surface area (Å²) >= 11 is 5.64. The number of amides is 1. The Morgan fingerprint density at radius 2 is 2.06 bits per heavy atom. The SMILES string of the molecule is COCCCNC(=O)c1cc(F)c(F)cc1Cl. The van der Waals surface area contributed by atoms with Crippen molar-refractivity contribution in [3.05, 3.63) is 34.4 Å². The predicted molar refractivity (Wildman–Crippen MR) is 60.2 cm³/mol. The first kappa shape index (κ1) is 13.9. The second-order valence-electron chi connectivity index (χ2n) is 3.35. The zero-order chi connectivity index (χ0) is 12.8. The number of halogens is 3. The van der Waals surface area contributed by atoms with Crippen molar-refractivity contribution in [1.82, 2.24) is 5.32 Å². The third kappa shape index (κ3) is 3.94. The van der Waals surface area contributed by atoms with Crippen molar-refractivity contribution < 1.29 is 18.3 Å². The highest BCUT2D eigenvalue weighted by atomic mass is 35.5. The molecule has 0 atom stereocenters. The monoisotopic (exact) mass is 263 g/mol. The molecule has 0 aromatic heterocycles. The Morgan fingerprint density at radius 3 is 2.71 bits per heavy atom. The maximum atomic E-state index is 12.9. The summed E-state index contributed by atoms with van der Waals surface area (Å²) in [7, 11) is 1.55. The quantitative estimate of drug-likeness (QED) is 0.654. The lowest BCUT2D eigenvalue weighted by atomic mass is 10.2. The molecule has 0 bridgehead atoms. The van der Waals surface area contributed by atoms with Crippen LogP contribution in [0.1, 0.15) is 16.8 Å². The average molecular weight is 264 g/mol. The number of carbonyl (C=O) groups excluding carboxylic acids is 1. The van der Waals surface area contributed by atoms with Gasteiger partial charge in [-0.1, -0.05) is 11.6 Å². The van der Waals surface area contributed by atoms with Gasteiger partial charge in [-0.15, -0.1) is 0 Å². The Bertz CT molecular complexity index is 413. The van der Waals surface area contributed by atoms with Gasteiger partial charge in [-0.3, -0.25) is 4.79 Å². The average Bonchev–Trinajstić information content (AvgIpc) is 2.29. The van der Waals surface area contributed by atoms with E-state index in [1.54, 1.807) is 7.11 Å². The molecule has 3 nitrogen and oxygen atoms in total. The van der Waals surface area contributed by atoms with Crippen LogP contribution in [0.2, 0.25) is 5.02 Å². The van der Waals surface area contributed by atoms with Crippen LogP contribution in [0.5, 0.6) is 0 Å². The largest absolute Gasteiger partial charge is 0.385 e. The number of carbonyl (C=O) groups is 1. The number of rotatable bonds is 5. The molecule has 1 aromatic carbocycles. The van der Waals surface area contributed by atoms with Gasteiger partial charge in [-0.2, -0.15) is 0 Å². The van der Waals surface area contributed by atoms with Gasteiger partial charge in [0.05, 0.1) is 10.6 Å². The highest BCUT2D eigenvalue weighted by molar-refractivity contribution is 6.33. The van der Waals surface area contributed by atoms with Crippen molar-refractivity contribution in [1.29, 1.82) is 0 Å². The summed E-state index contributed by atoms with van der Waals surface area (Å²) in [6.45, 7) is 0.883. The van der Waals surface area contributed by atoms with Crippen LogP contribution in [-0.2, 0) is 4.74 Å². The summed E-state index contributed by atoms with van der Waals surface area (Å²) in [6.07, 6.45) is 0.629. The Labute approximate surface area is 103 Å². The van der Waals surface area contributed by atoms with Gasteiger partial charge in [0.15, 0.2) is 11.6 Å². The molecule has 1 amide bonds. The van der Waals surface area contributed by atoms with Crippen LogP contribution in [0, 0.1) is 11.6 Å². The number of ether oxygens (including phenoxy) is 1. The van der Waals surface area contributed by atoms with Crippen molar-refractivity contribution in [2.45, 2.75) is 6.42 Å². The van der Waals surface area contributed by atoms with Crippen LogP contribution in [0.15, 0.2) is 12.1 Å². The molecule has 1 rings (SSSR count). The van der Waals surface area contributed by atoms with Gasteiger partial charge < -0.3 is 10.1 Å². The number of benzene rings is 1.